The molecule has 6 nitrogen and oxygen atoms in total. The molecule has 0 radical (unpaired) electrons. The van der Waals surface area contributed by atoms with Gasteiger partial charge in [-0.25, -0.2) is 0 Å². The maximum Gasteiger partial charge on any atom is 0.182 e. The van der Waals surface area contributed by atoms with Gasteiger partial charge < -0.3 is 9.30 Å². The number of nitrogens with zero attached hydrogens (tertiary/aromatic N) is 5. The zero-order valence-electron chi connectivity index (χ0n) is 9.71. The van der Waals surface area contributed by atoms with Crippen molar-refractivity contribution in [1.82, 2.24) is 24.5 Å². The van der Waals surface area contributed by atoms with Crippen molar-refractivity contribution in [1.29, 1.82) is 0 Å². The lowest BCUT2D eigenvalue weighted by Gasteiger charge is -2.05. The second kappa shape index (κ2) is 4.44. The fraction of sp³-hybridized carbons (Fsp3) is 0.500. The Morgan fingerprint density at radius 3 is 2.88 bits per heavy atom. The summed E-state index contributed by atoms with van der Waals surface area (Å²) in [7, 11) is 3.58. The maximum absolute atomic E-state index is 5.04. The van der Waals surface area contributed by atoms with Crippen molar-refractivity contribution in [2.45, 2.75) is 13.5 Å². The average Bonchev–Trinajstić information content (AvgIpc) is 2.81. The molecule has 0 fully saturated rings. The molecule has 2 aromatic rings. The predicted octanol–water partition coefficient (Wildman–Crippen LogP) is 0.633. The van der Waals surface area contributed by atoms with Gasteiger partial charge in [0.15, 0.2) is 5.82 Å². The van der Waals surface area contributed by atoms with E-state index in [1.165, 1.54) is 0 Å². The molecule has 0 N–H and O–H groups in total. The average molecular weight is 221 g/mol. The molecule has 86 valence electrons. The zero-order chi connectivity index (χ0) is 11.5. The van der Waals surface area contributed by atoms with Gasteiger partial charge in [0.05, 0.1) is 12.3 Å². The van der Waals surface area contributed by atoms with E-state index in [1.807, 2.05) is 29.3 Å². The molecular formula is C10H15N5O. The van der Waals surface area contributed by atoms with Crippen molar-refractivity contribution >= 4 is 0 Å². The smallest absolute Gasteiger partial charge is 0.182 e. The minimum absolute atomic E-state index is 0.641. The Balaban J connectivity index is 2.33. The van der Waals surface area contributed by atoms with Gasteiger partial charge in [0.25, 0.3) is 0 Å². The van der Waals surface area contributed by atoms with Crippen LogP contribution in [0.1, 0.15) is 5.69 Å². The van der Waals surface area contributed by atoms with Crippen LogP contribution in [0.4, 0.5) is 0 Å². The summed E-state index contributed by atoms with van der Waals surface area (Å²) in [6, 6.07) is 1.99. The van der Waals surface area contributed by atoms with Crippen molar-refractivity contribution in [3.05, 3.63) is 18.1 Å². The monoisotopic (exact) mass is 221 g/mol. The molecule has 0 bridgehead atoms. The molecule has 0 aromatic carbocycles. The third-order valence-corrected chi connectivity index (χ3v) is 2.38. The topological polar surface area (TPSA) is 57.8 Å². The summed E-state index contributed by atoms with van der Waals surface area (Å²) in [4.78, 5) is 0. The highest BCUT2D eigenvalue weighted by Gasteiger charge is 2.11. The van der Waals surface area contributed by atoms with Gasteiger partial charge in [-0.2, -0.15) is 5.10 Å². The third kappa shape index (κ3) is 1.96. The van der Waals surface area contributed by atoms with Crippen LogP contribution in [0, 0.1) is 6.92 Å². The summed E-state index contributed by atoms with van der Waals surface area (Å²) in [6.07, 6.45) is 1.71. The Kier molecular flexibility index (Phi) is 3.00. The van der Waals surface area contributed by atoms with E-state index < -0.39 is 0 Å². The third-order valence-electron chi connectivity index (χ3n) is 2.38. The first-order valence-electron chi connectivity index (χ1n) is 5.10. The Hall–Kier alpha value is -1.69. The number of rotatable bonds is 4. The summed E-state index contributed by atoms with van der Waals surface area (Å²) in [5.74, 6) is 0.820. The van der Waals surface area contributed by atoms with Gasteiger partial charge in [-0.3, -0.25) is 4.68 Å². The molecule has 2 rings (SSSR count). The lowest BCUT2D eigenvalue weighted by Crippen LogP contribution is -2.06. The summed E-state index contributed by atoms with van der Waals surface area (Å²) < 4.78 is 8.81. The quantitative estimate of drug-likeness (QED) is 0.760. The molecule has 0 saturated carbocycles. The van der Waals surface area contributed by atoms with Crippen LogP contribution in [0.3, 0.4) is 0 Å². The molecule has 2 aromatic heterocycles. The maximum atomic E-state index is 5.04. The number of aromatic nitrogens is 5. The first kappa shape index (κ1) is 10.8. The first-order chi connectivity index (χ1) is 7.72. The molecule has 6 heteroatoms. The molecule has 0 atom stereocenters. The van der Waals surface area contributed by atoms with Crippen LogP contribution < -0.4 is 0 Å². The van der Waals surface area contributed by atoms with E-state index >= 15 is 0 Å². The Labute approximate surface area is 93.9 Å². The molecule has 0 aliphatic carbocycles. The molecular weight excluding hydrogens is 206 g/mol. The van der Waals surface area contributed by atoms with Gasteiger partial charge in [-0.1, -0.05) is 0 Å². The van der Waals surface area contributed by atoms with Crippen LogP contribution in [0.2, 0.25) is 0 Å². The number of ether oxygens (including phenoxy) is 1. The van der Waals surface area contributed by atoms with Gasteiger partial charge in [-0.15, -0.1) is 10.2 Å². The van der Waals surface area contributed by atoms with Gasteiger partial charge >= 0.3 is 0 Å². The van der Waals surface area contributed by atoms with Gasteiger partial charge in [0, 0.05) is 20.7 Å². The number of hydrogen-bond donors (Lipinski definition) is 0. The number of methoxy groups -OCH3 is 1. The Morgan fingerprint density at radius 1 is 1.44 bits per heavy atom. The normalized spacial score (nSPS) is 10.9. The van der Waals surface area contributed by atoms with Crippen molar-refractivity contribution < 1.29 is 4.74 Å². The van der Waals surface area contributed by atoms with E-state index in [4.69, 9.17) is 4.74 Å². The molecule has 16 heavy (non-hydrogen) atoms. The largest absolute Gasteiger partial charge is 0.383 e. The highest BCUT2D eigenvalue weighted by atomic mass is 16.5. The van der Waals surface area contributed by atoms with E-state index in [-0.39, 0.29) is 0 Å². The van der Waals surface area contributed by atoms with E-state index in [1.54, 1.807) is 13.4 Å². The van der Waals surface area contributed by atoms with Crippen molar-refractivity contribution in [3.63, 3.8) is 0 Å². The molecule has 0 saturated heterocycles. The van der Waals surface area contributed by atoms with Crippen LogP contribution in [-0.4, -0.2) is 38.3 Å². The van der Waals surface area contributed by atoms with E-state index in [0.29, 0.717) is 6.61 Å². The van der Waals surface area contributed by atoms with Crippen molar-refractivity contribution in [2.75, 3.05) is 13.7 Å². The van der Waals surface area contributed by atoms with Crippen molar-refractivity contribution in [2.24, 2.45) is 7.05 Å². The van der Waals surface area contributed by atoms with Crippen LogP contribution in [0.15, 0.2) is 12.4 Å². The van der Waals surface area contributed by atoms with E-state index in [2.05, 4.69) is 15.3 Å². The SMILES string of the molecule is COCCn1cnnc1-c1cc(C)nn1C. The lowest BCUT2D eigenvalue weighted by molar-refractivity contribution is 0.187. The summed E-state index contributed by atoms with van der Waals surface area (Å²) >= 11 is 0. The first-order valence-corrected chi connectivity index (χ1v) is 5.10. The molecule has 0 amide bonds. The molecule has 0 spiro atoms. The van der Waals surface area contributed by atoms with Crippen molar-refractivity contribution in [3.8, 4) is 11.5 Å². The fourth-order valence-electron chi connectivity index (χ4n) is 1.63. The molecule has 0 aliphatic heterocycles. The van der Waals surface area contributed by atoms with Crippen LogP contribution in [-0.2, 0) is 18.3 Å². The molecule has 0 unspecified atom stereocenters. The van der Waals surface area contributed by atoms with E-state index in [0.717, 1.165) is 23.8 Å². The van der Waals surface area contributed by atoms with Gasteiger partial charge in [0.1, 0.15) is 12.0 Å². The van der Waals surface area contributed by atoms with Crippen LogP contribution >= 0.6 is 0 Å². The second-order valence-electron chi connectivity index (χ2n) is 3.64. The number of hydrogen-bond acceptors (Lipinski definition) is 4. The van der Waals surface area contributed by atoms with E-state index in [9.17, 15) is 0 Å². The Morgan fingerprint density at radius 2 is 2.25 bits per heavy atom. The van der Waals surface area contributed by atoms with Crippen LogP contribution in [0.5, 0.6) is 0 Å². The van der Waals surface area contributed by atoms with Gasteiger partial charge in [0.2, 0.25) is 0 Å². The minimum Gasteiger partial charge on any atom is -0.383 e. The minimum atomic E-state index is 0.641. The second-order valence-corrected chi connectivity index (χ2v) is 3.64. The summed E-state index contributed by atoms with van der Waals surface area (Å²) in [6.45, 7) is 3.34. The summed E-state index contributed by atoms with van der Waals surface area (Å²) in [5, 5.41) is 12.3. The predicted molar refractivity (Wildman–Crippen MR) is 58.8 cm³/mol. The lowest BCUT2D eigenvalue weighted by atomic mass is 10.3. The number of aryl methyl sites for hydroxylation is 2. The van der Waals surface area contributed by atoms with Crippen LogP contribution in [0.25, 0.3) is 11.5 Å². The highest BCUT2D eigenvalue weighted by molar-refractivity contribution is 5.50. The zero-order valence-corrected chi connectivity index (χ0v) is 9.71. The molecule has 2 heterocycles. The standard InChI is InChI=1S/C10H15N5O/c1-8-6-9(14(2)13-8)10-12-11-7-15(10)4-5-16-3/h6-7H,4-5H2,1-3H3. The van der Waals surface area contributed by atoms with Gasteiger partial charge in [-0.05, 0) is 13.0 Å². The highest BCUT2D eigenvalue weighted by Crippen LogP contribution is 2.16. The summed E-state index contributed by atoms with van der Waals surface area (Å²) in [5.41, 5.74) is 1.94. The molecule has 0 aliphatic rings. The fourth-order valence-corrected chi connectivity index (χ4v) is 1.63. The Bertz CT molecular complexity index is 473.